The first-order valence-electron chi connectivity index (χ1n) is 6.44. The van der Waals surface area contributed by atoms with E-state index >= 15 is 0 Å². The van der Waals surface area contributed by atoms with E-state index in [0.717, 1.165) is 22.2 Å². The first-order valence-corrected chi connectivity index (χ1v) is 6.44. The summed E-state index contributed by atoms with van der Waals surface area (Å²) in [7, 11) is 0. The van der Waals surface area contributed by atoms with Crippen LogP contribution in [0.25, 0.3) is 16.5 Å². The van der Waals surface area contributed by atoms with Gasteiger partial charge in [-0.1, -0.05) is 42.1 Å². The van der Waals surface area contributed by atoms with E-state index in [-0.39, 0.29) is 6.04 Å². The Hall–Kier alpha value is -2.46. The summed E-state index contributed by atoms with van der Waals surface area (Å²) in [5.74, 6) is 0. The molecule has 0 amide bonds. The van der Waals surface area contributed by atoms with Crippen LogP contribution in [-0.4, -0.2) is 10.1 Å². The fourth-order valence-corrected chi connectivity index (χ4v) is 2.22. The lowest BCUT2D eigenvalue weighted by Crippen LogP contribution is -2.10. The SMILES string of the molecule is C=C(CC(N)c1ccccc1)c1noc2ccncc12. The minimum atomic E-state index is -0.105. The minimum Gasteiger partial charge on any atom is -0.356 e. The second kappa shape index (κ2) is 5.27. The predicted molar refractivity (Wildman–Crippen MR) is 78.8 cm³/mol. The van der Waals surface area contributed by atoms with Crippen molar-refractivity contribution in [2.24, 2.45) is 5.73 Å². The van der Waals surface area contributed by atoms with E-state index in [1.807, 2.05) is 30.3 Å². The predicted octanol–water partition coefficient (Wildman–Crippen LogP) is 3.33. The molecular formula is C16H15N3O. The Bertz CT molecular complexity index is 734. The third-order valence-corrected chi connectivity index (χ3v) is 3.30. The van der Waals surface area contributed by atoms with Gasteiger partial charge in [0.15, 0.2) is 5.58 Å². The molecule has 0 saturated heterocycles. The van der Waals surface area contributed by atoms with Crippen molar-refractivity contribution in [1.29, 1.82) is 0 Å². The van der Waals surface area contributed by atoms with Gasteiger partial charge in [0, 0.05) is 24.5 Å². The maximum atomic E-state index is 6.21. The molecule has 4 nitrogen and oxygen atoms in total. The van der Waals surface area contributed by atoms with Crippen molar-refractivity contribution in [2.75, 3.05) is 0 Å². The largest absolute Gasteiger partial charge is 0.356 e. The Morgan fingerprint density at radius 1 is 1.25 bits per heavy atom. The van der Waals surface area contributed by atoms with Crippen LogP contribution in [0, 0.1) is 0 Å². The lowest BCUT2D eigenvalue weighted by molar-refractivity contribution is 0.453. The van der Waals surface area contributed by atoms with Crippen LogP contribution in [0.3, 0.4) is 0 Å². The molecule has 2 N–H and O–H groups in total. The van der Waals surface area contributed by atoms with Gasteiger partial charge in [0.2, 0.25) is 0 Å². The Kier molecular flexibility index (Phi) is 3.31. The van der Waals surface area contributed by atoms with Crippen molar-refractivity contribution in [1.82, 2.24) is 10.1 Å². The third-order valence-electron chi connectivity index (χ3n) is 3.30. The van der Waals surface area contributed by atoms with E-state index < -0.39 is 0 Å². The molecular weight excluding hydrogens is 250 g/mol. The van der Waals surface area contributed by atoms with Crippen LogP contribution >= 0.6 is 0 Å². The Labute approximate surface area is 116 Å². The Morgan fingerprint density at radius 2 is 2.05 bits per heavy atom. The van der Waals surface area contributed by atoms with E-state index in [9.17, 15) is 0 Å². The summed E-state index contributed by atoms with van der Waals surface area (Å²) >= 11 is 0. The Morgan fingerprint density at radius 3 is 2.85 bits per heavy atom. The standard InChI is InChI=1S/C16H15N3O/c1-11(9-14(17)12-5-3-2-4-6-12)16-13-10-18-8-7-15(13)20-19-16/h2-8,10,14H,1,9,17H2. The molecule has 3 aromatic rings. The number of rotatable bonds is 4. The van der Waals surface area contributed by atoms with Crippen LogP contribution in [-0.2, 0) is 0 Å². The van der Waals surface area contributed by atoms with E-state index in [1.165, 1.54) is 0 Å². The van der Waals surface area contributed by atoms with Crippen molar-refractivity contribution in [3.63, 3.8) is 0 Å². The summed E-state index contributed by atoms with van der Waals surface area (Å²) in [6.45, 7) is 4.08. The van der Waals surface area contributed by atoms with Gasteiger partial charge in [0.25, 0.3) is 0 Å². The fraction of sp³-hybridized carbons (Fsp3) is 0.125. The minimum absolute atomic E-state index is 0.105. The second-order valence-corrected chi connectivity index (χ2v) is 4.73. The molecule has 0 saturated carbocycles. The normalized spacial score (nSPS) is 12.4. The van der Waals surface area contributed by atoms with Crippen LogP contribution < -0.4 is 5.73 Å². The highest BCUT2D eigenvalue weighted by molar-refractivity contribution is 5.87. The van der Waals surface area contributed by atoms with Gasteiger partial charge in [-0.3, -0.25) is 4.98 Å². The molecule has 1 aromatic carbocycles. The number of pyridine rings is 1. The zero-order chi connectivity index (χ0) is 13.9. The number of nitrogens with zero attached hydrogens (tertiary/aromatic N) is 2. The number of hydrogen-bond donors (Lipinski definition) is 1. The molecule has 1 atom stereocenters. The average molecular weight is 265 g/mol. The van der Waals surface area contributed by atoms with Gasteiger partial charge < -0.3 is 10.3 Å². The molecule has 20 heavy (non-hydrogen) atoms. The Balaban J connectivity index is 1.83. The number of aromatic nitrogens is 2. The van der Waals surface area contributed by atoms with Gasteiger partial charge in [-0.2, -0.15) is 0 Å². The summed E-state index contributed by atoms with van der Waals surface area (Å²) in [4.78, 5) is 4.09. The van der Waals surface area contributed by atoms with Crippen LogP contribution in [0.15, 0.2) is 59.9 Å². The molecule has 0 spiro atoms. The lowest BCUT2D eigenvalue weighted by Gasteiger charge is -2.12. The van der Waals surface area contributed by atoms with Gasteiger partial charge in [-0.15, -0.1) is 0 Å². The molecule has 0 radical (unpaired) electrons. The van der Waals surface area contributed by atoms with Crippen molar-refractivity contribution >= 4 is 16.5 Å². The topological polar surface area (TPSA) is 64.9 Å². The van der Waals surface area contributed by atoms with Gasteiger partial charge in [-0.05, 0) is 17.6 Å². The summed E-state index contributed by atoms with van der Waals surface area (Å²) in [5, 5.41) is 4.94. The van der Waals surface area contributed by atoms with Gasteiger partial charge in [0.05, 0.1) is 5.39 Å². The van der Waals surface area contributed by atoms with Crippen LogP contribution in [0.5, 0.6) is 0 Å². The monoisotopic (exact) mass is 265 g/mol. The van der Waals surface area contributed by atoms with Gasteiger partial charge >= 0.3 is 0 Å². The molecule has 0 fully saturated rings. The summed E-state index contributed by atoms with van der Waals surface area (Å²) in [6.07, 6.45) is 4.04. The smallest absolute Gasteiger partial charge is 0.170 e. The van der Waals surface area contributed by atoms with Gasteiger partial charge in [-0.25, -0.2) is 0 Å². The van der Waals surface area contributed by atoms with Crippen LogP contribution in [0.1, 0.15) is 23.7 Å². The van der Waals surface area contributed by atoms with Crippen LogP contribution in [0.2, 0.25) is 0 Å². The number of hydrogen-bond acceptors (Lipinski definition) is 4. The molecule has 4 heteroatoms. The fourth-order valence-electron chi connectivity index (χ4n) is 2.22. The zero-order valence-electron chi connectivity index (χ0n) is 11.0. The summed E-state index contributed by atoms with van der Waals surface area (Å²) < 4.78 is 5.27. The molecule has 1 unspecified atom stereocenters. The van der Waals surface area contributed by atoms with Crippen molar-refractivity contribution < 1.29 is 4.52 Å². The number of nitrogens with two attached hydrogens (primary N) is 1. The highest BCUT2D eigenvalue weighted by atomic mass is 16.5. The maximum absolute atomic E-state index is 6.21. The summed E-state index contributed by atoms with van der Waals surface area (Å²) in [6, 6.07) is 11.6. The molecule has 0 bridgehead atoms. The first-order chi connectivity index (χ1) is 9.75. The van der Waals surface area contributed by atoms with E-state index in [2.05, 4.69) is 16.7 Å². The first kappa shape index (κ1) is 12.6. The van der Waals surface area contributed by atoms with Crippen LogP contribution in [0.4, 0.5) is 0 Å². The highest BCUT2D eigenvalue weighted by Gasteiger charge is 2.14. The maximum Gasteiger partial charge on any atom is 0.170 e. The highest BCUT2D eigenvalue weighted by Crippen LogP contribution is 2.28. The number of benzene rings is 1. The molecule has 0 aliphatic rings. The van der Waals surface area contributed by atoms with Gasteiger partial charge in [0.1, 0.15) is 5.69 Å². The quantitative estimate of drug-likeness (QED) is 0.785. The molecule has 0 aliphatic carbocycles. The zero-order valence-corrected chi connectivity index (χ0v) is 11.0. The molecule has 100 valence electrons. The molecule has 2 aromatic heterocycles. The second-order valence-electron chi connectivity index (χ2n) is 4.73. The van der Waals surface area contributed by atoms with E-state index in [4.69, 9.17) is 10.3 Å². The van der Waals surface area contributed by atoms with Crippen molar-refractivity contribution in [3.05, 3.63) is 66.6 Å². The third kappa shape index (κ3) is 2.33. The average Bonchev–Trinajstić information content (AvgIpc) is 2.92. The number of fused-ring (bicyclic) bond motifs is 1. The van der Waals surface area contributed by atoms with E-state index in [1.54, 1.807) is 18.5 Å². The molecule has 3 rings (SSSR count). The van der Waals surface area contributed by atoms with Crippen molar-refractivity contribution in [3.8, 4) is 0 Å². The lowest BCUT2D eigenvalue weighted by atomic mass is 9.98. The summed E-state index contributed by atoms with van der Waals surface area (Å²) in [5.41, 5.74) is 9.60. The van der Waals surface area contributed by atoms with E-state index in [0.29, 0.717) is 12.0 Å². The molecule has 0 aliphatic heterocycles. The molecule has 2 heterocycles. The van der Waals surface area contributed by atoms with Crippen molar-refractivity contribution in [2.45, 2.75) is 12.5 Å².